The fourth-order valence-corrected chi connectivity index (χ4v) is 6.49. The van der Waals surface area contributed by atoms with E-state index >= 15 is 0 Å². The molecule has 3 saturated heterocycles. The summed E-state index contributed by atoms with van der Waals surface area (Å²) in [4.78, 5) is 17.4. The molecule has 3 heterocycles. The predicted octanol–water partition coefficient (Wildman–Crippen LogP) is 5.70. The van der Waals surface area contributed by atoms with Crippen molar-refractivity contribution in [3.63, 3.8) is 0 Å². The number of aliphatic hydroxyl groups excluding tert-OH is 1. The molecule has 1 N–H and O–H groups in total. The maximum Gasteiger partial charge on any atom is 0.416 e. The molecule has 5 atom stereocenters. The Balaban J connectivity index is 1.44. The molecule has 0 saturated carbocycles. The van der Waals surface area contributed by atoms with Gasteiger partial charge in [0.25, 0.3) is 0 Å². The van der Waals surface area contributed by atoms with Gasteiger partial charge in [-0.1, -0.05) is 24.3 Å². The summed E-state index contributed by atoms with van der Waals surface area (Å²) in [6, 6.07) is 8.56. The third kappa shape index (κ3) is 5.60. The van der Waals surface area contributed by atoms with Crippen molar-refractivity contribution in [2.75, 3.05) is 19.6 Å². The second kappa shape index (κ2) is 10.6. The molecule has 218 valence electrons. The van der Waals surface area contributed by atoms with Gasteiger partial charge in [-0.05, 0) is 68.0 Å². The minimum absolute atomic E-state index is 0.0582. The first kappa shape index (κ1) is 28.9. The van der Waals surface area contributed by atoms with E-state index in [2.05, 4.69) is 4.90 Å². The summed E-state index contributed by atoms with van der Waals surface area (Å²) < 4.78 is 87.1. The van der Waals surface area contributed by atoms with Crippen molar-refractivity contribution in [3.05, 3.63) is 70.3 Å². The zero-order valence-electron chi connectivity index (χ0n) is 22.2. The van der Waals surface area contributed by atoms with E-state index in [1.54, 1.807) is 4.90 Å². The number of ether oxygens (including phenoxy) is 1. The number of piperidine rings is 1. The van der Waals surface area contributed by atoms with Gasteiger partial charge in [-0.15, -0.1) is 0 Å². The van der Waals surface area contributed by atoms with Crippen LogP contribution >= 0.6 is 0 Å². The lowest BCUT2D eigenvalue weighted by atomic mass is 9.85. The molecule has 3 aliphatic heterocycles. The average Bonchev–Trinajstić information content (AvgIpc) is 3.39. The Morgan fingerprint density at radius 2 is 1.57 bits per heavy atom. The number of carbonyl (C=O) groups excluding carboxylic acids is 1. The molecule has 0 aliphatic carbocycles. The number of hydrogen-bond donors (Lipinski definition) is 1. The van der Waals surface area contributed by atoms with Crippen LogP contribution in [0.2, 0.25) is 0 Å². The van der Waals surface area contributed by atoms with Gasteiger partial charge in [0.15, 0.2) is 0 Å². The number of alkyl halides is 6. The van der Waals surface area contributed by atoms with E-state index in [0.29, 0.717) is 44.5 Å². The normalized spacial score (nSPS) is 27.3. The summed E-state index contributed by atoms with van der Waals surface area (Å²) >= 11 is 0. The van der Waals surface area contributed by atoms with E-state index in [1.807, 2.05) is 31.2 Å². The van der Waals surface area contributed by atoms with Gasteiger partial charge in [0.1, 0.15) is 0 Å². The van der Waals surface area contributed by atoms with Crippen LogP contribution in [0.4, 0.5) is 26.3 Å². The molecule has 3 aliphatic rings. The van der Waals surface area contributed by atoms with Gasteiger partial charge in [0.05, 0.1) is 35.5 Å². The first-order valence-electron chi connectivity index (χ1n) is 13.5. The second-order valence-electron chi connectivity index (χ2n) is 11.1. The maximum absolute atomic E-state index is 13.6. The number of amides is 1. The highest BCUT2D eigenvalue weighted by Crippen LogP contribution is 2.46. The molecule has 5 rings (SSSR count). The van der Waals surface area contributed by atoms with Crippen molar-refractivity contribution in [1.29, 1.82) is 0 Å². The first-order valence-corrected chi connectivity index (χ1v) is 13.5. The molecule has 1 amide bonds. The van der Waals surface area contributed by atoms with Crippen LogP contribution in [0, 0.1) is 6.92 Å². The van der Waals surface area contributed by atoms with E-state index in [-0.39, 0.29) is 48.2 Å². The van der Waals surface area contributed by atoms with Crippen LogP contribution in [-0.2, 0) is 21.9 Å². The number of carbonyl (C=O) groups is 1. The number of rotatable bonds is 5. The van der Waals surface area contributed by atoms with Crippen LogP contribution in [0.3, 0.4) is 0 Å². The largest absolute Gasteiger partial charge is 0.416 e. The number of halogens is 6. The SMILES string of the molecule is Cc1ccccc1C1[C@@H](O[C@H](C)c2cc(C(F)(F)F)cc(C(F)(F)F)c2)CN2C(=O)C(N3CCC(O)CC3)C[C@@H]12. The smallest absolute Gasteiger partial charge is 0.393 e. The zero-order valence-corrected chi connectivity index (χ0v) is 22.2. The molecule has 2 unspecified atom stereocenters. The van der Waals surface area contributed by atoms with Gasteiger partial charge in [-0.25, -0.2) is 0 Å². The first-order chi connectivity index (χ1) is 18.7. The van der Waals surface area contributed by atoms with E-state index in [4.69, 9.17) is 4.74 Å². The Bertz CT molecular complexity index is 1210. The highest BCUT2D eigenvalue weighted by atomic mass is 19.4. The molecule has 11 heteroatoms. The summed E-state index contributed by atoms with van der Waals surface area (Å²) in [5.74, 6) is -0.363. The minimum Gasteiger partial charge on any atom is -0.393 e. The average molecular weight is 571 g/mol. The van der Waals surface area contributed by atoms with Crippen LogP contribution < -0.4 is 0 Å². The summed E-state index contributed by atoms with van der Waals surface area (Å²) in [6.07, 6.45) is -10.3. The van der Waals surface area contributed by atoms with Crippen LogP contribution in [0.1, 0.15) is 66.0 Å². The lowest BCUT2D eigenvalue weighted by Crippen LogP contribution is -2.47. The summed E-state index contributed by atoms with van der Waals surface area (Å²) in [5, 5.41) is 9.89. The number of fused-ring (bicyclic) bond motifs is 1. The molecule has 3 fully saturated rings. The van der Waals surface area contributed by atoms with Crippen molar-refractivity contribution in [1.82, 2.24) is 9.80 Å². The fraction of sp³-hybridized carbons (Fsp3) is 0.552. The topological polar surface area (TPSA) is 53.0 Å². The second-order valence-corrected chi connectivity index (χ2v) is 11.1. The van der Waals surface area contributed by atoms with Gasteiger partial charge < -0.3 is 14.7 Å². The molecular formula is C29H32F6N2O3. The zero-order chi connectivity index (χ0) is 29.0. The van der Waals surface area contributed by atoms with Crippen molar-refractivity contribution in [2.45, 2.75) is 81.8 Å². The van der Waals surface area contributed by atoms with Crippen molar-refractivity contribution in [3.8, 4) is 0 Å². The standard InChI is InChI=1S/C29H32F6N2O3/c1-16-5-3-4-6-22(16)26-23-14-24(36-9-7-21(38)8-10-36)27(39)37(23)15-25(26)40-17(2)18-11-19(28(30,31)32)13-20(12-18)29(33,34)35/h3-6,11-13,17,21,23-26,38H,7-10,14-15H2,1-2H3/t17-,23+,24?,25+,26?/m1/s1. The van der Waals surface area contributed by atoms with Crippen LogP contribution in [0.5, 0.6) is 0 Å². The van der Waals surface area contributed by atoms with Crippen molar-refractivity contribution >= 4 is 5.91 Å². The molecule has 2 aromatic rings. The van der Waals surface area contributed by atoms with Gasteiger partial charge in [-0.2, -0.15) is 26.3 Å². The number of likely N-dealkylation sites (tertiary alicyclic amines) is 1. The molecule has 0 spiro atoms. The number of aryl methyl sites for hydroxylation is 1. The number of hydrogen-bond acceptors (Lipinski definition) is 4. The Labute approximate surface area is 228 Å². The molecule has 2 aromatic carbocycles. The third-order valence-corrected chi connectivity index (χ3v) is 8.57. The number of aliphatic hydroxyl groups is 1. The fourth-order valence-electron chi connectivity index (χ4n) is 6.49. The lowest BCUT2D eigenvalue weighted by Gasteiger charge is -2.34. The summed E-state index contributed by atoms with van der Waals surface area (Å²) in [7, 11) is 0. The van der Waals surface area contributed by atoms with Crippen molar-refractivity contribution in [2.24, 2.45) is 0 Å². The molecule has 5 nitrogen and oxygen atoms in total. The lowest BCUT2D eigenvalue weighted by molar-refractivity contribution is -0.143. The van der Waals surface area contributed by atoms with Gasteiger partial charge >= 0.3 is 12.4 Å². The molecule has 0 bridgehead atoms. The Morgan fingerprint density at radius 3 is 2.15 bits per heavy atom. The maximum atomic E-state index is 13.6. The van der Waals surface area contributed by atoms with Crippen molar-refractivity contribution < 1.29 is 41.0 Å². The molecule has 40 heavy (non-hydrogen) atoms. The van der Waals surface area contributed by atoms with Gasteiger partial charge in [-0.3, -0.25) is 9.69 Å². The van der Waals surface area contributed by atoms with Gasteiger partial charge in [0, 0.05) is 31.6 Å². The molecular weight excluding hydrogens is 538 g/mol. The summed E-state index contributed by atoms with van der Waals surface area (Å²) in [5.41, 5.74) is -1.10. The van der Waals surface area contributed by atoms with Crippen LogP contribution in [-0.4, -0.2) is 64.7 Å². The van der Waals surface area contributed by atoms with Crippen LogP contribution in [0.25, 0.3) is 0 Å². The molecule has 0 aromatic heterocycles. The third-order valence-electron chi connectivity index (χ3n) is 8.57. The predicted molar refractivity (Wildman–Crippen MR) is 134 cm³/mol. The monoisotopic (exact) mass is 570 g/mol. The highest BCUT2D eigenvalue weighted by Gasteiger charge is 2.54. The number of benzene rings is 2. The molecule has 0 radical (unpaired) electrons. The highest BCUT2D eigenvalue weighted by molar-refractivity contribution is 5.85. The van der Waals surface area contributed by atoms with E-state index in [0.717, 1.165) is 11.1 Å². The Morgan fingerprint density at radius 1 is 0.975 bits per heavy atom. The Hall–Kier alpha value is -2.63. The Kier molecular flexibility index (Phi) is 7.69. The van der Waals surface area contributed by atoms with Crippen LogP contribution in [0.15, 0.2) is 42.5 Å². The minimum atomic E-state index is -4.96. The van der Waals surface area contributed by atoms with E-state index in [1.165, 1.54) is 6.92 Å². The van der Waals surface area contributed by atoms with E-state index < -0.39 is 35.7 Å². The van der Waals surface area contributed by atoms with Gasteiger partial charge in [0.2, 0.25) is 5.91 Å². The summed E-state index contributed by atoms with van der Waals surface area (Å²) in [6.45, 7) is 4.78. The number of nitrogens with zero attached hydrogens (tertiary/aromatic N) is 2. The quantitative estimate of drug-likeness (QED) is 0.469. The van der Waals surface area contributed by atoms with E-state index in [9.17, 15) is 36.2 Å².